The van der Waals surface area contributed by atoms with Gasteiger partial charge in [-0.15, -0.1) is 0 Å². The normalized spacial score (nSPS) is 17.9. The number of aryl methyl sites for hydroxylation is 1. The van der Waals surface area contributed by atoms with Crippen LogP contribution in [-0.4, -0.2) is 46.7 Å². The summed E-state index contributed by atoms with van der Waals surface area (Å²) in [5.74, 6) is 0.556. The van der Waals surface area contributed by atoms with Gasteiger partial charge in [0.2, 0.25) is 17.6 Å². The minimum absolute atomic E-state index is 0.0679. The molecular weight excluding hydrogens is 313 g/mol. The van der Waals surface area contributed by atoms with Gasteiger partial charge in [0.05, 0.1) is 12.7 Å². The van der Waals surface area contributed by atoms with Gasteiger partial charge in [-0.05, 0) is 30.7 Å². The smallest absolute Gasteiger partial charge is 0.227 e. The van der Waals surface area contributed by atoms with Crippen LogP contribution in [0.15, 0.2) is 28.8 Å². The lowest BCUT2D eigenvalue weighted by Gasteiger charge is -2.32. The molecule has 0 N–H and O–H groups in total. The summed E-state index contributed by atoms with van der Waals surface area (Å²) in [5, 5.41) is 3.88. The van der Waals surface area contributed by atoms with Gasteiger partial charge in [-0.25, -0.2) is 4.39 Å². The van der Waals surface area contributed by atoms with Crippen molar-refractivity contribution in [2.24, 2.45) is 0 Å². The monoisotopic (exact) mass is 333 g/mol. The minimum Gasteiger partial charge on any atom is -0.375 e. The molecule has 1 unspecified atom stereocenters. The molecule has 7 heteroatoms. The van der Waals surface area contributed by atoms with Gasteiger partial charge < -0.3 is 14.2 Å². The van der Waals surface area contributed by atoms with E-state index in [4.69, 9.17) is 9.26 Å². The summed E-state index contributed by atoms with van der Waals surface area (Å²) in [5.41, 5.74) is 0.677. The van der Waals surface area contributed by atoms with Crippen molar-refractivity contribution in [3.8, 4) is 11.4 Å². The zero-order valence-electron chi connectivity index (χ0n) is 13.6. The van der Waals surface area contributed by atoms with E-state index < -0.39 is 0 Å². The number of amides is 1. The zero-order valence-corrected chi connectivity index (χ0v) is 13.6. The molecule has 0 spiro atoms. The van der Waals surface area contributed by atoms with Crippen LogP contribution < -0.4 is 0 Å². The molecule has 1 aliphatic rings. The first kappa shape index (κ1) is 16.6. The quantitative estimate of drug-likeness (QED) is 0.841. The molecule has 0 aliphatic carbocycles. The molecule has 6 nitrogen and oxygen atoms in total. The highest BCUT2D eigenvalue weighted by Gasteiger charge is 2.23. The first-order chi connectivity index (χ1) is 11.7. The molecular formula is C17H20FN3O3. The number of morpholine rings is 1. The number of benzene rings is 1. The molecule has 128 valence electrons. The molecule has 0 radical (unpaired) electrons. The number of ether oxygens (including phenoxy) is 1. The predicted molar refractivity (Wildman–Crippen MR) is 84.6 cm³/mol. The van der Waals surface area contributed by atoms with E-state index >= 15 is 0 Å². The largest absolute Gasteiger partial charge is 0.375 e. The lowest BCUT2D eigenvalue weighted by Crippen LogP contribution is -2.45. The first-order valence-electron chi connectivity index (χ1n) is 8.13. The van der Waals surface area contributed by atoms with Gasteiger partial charge in [-0.3, -0.25) is 4.79 Å². The molecule has 2 heterocycles. The van der Waals surface area contributed by atoms with Crippen LogP contribution in [0.25, 0.3) is 11.4 Å². The van der Waals surface area contributed by atoms with E-state index in [1.807, 2.05) is 11.8 Å². The third-order valence-electron chi connectivity index (χ3n) is 4.07. The fraction of sp³-hybridized carbons (Fsp3) is 0.471. The average molecular weight is 333 g/mol. The van der Waals surface area contributed by atoms with E-state index in [0.717, 1.165) is 6.42 Å². The maximum atomic E-state index is 12.9. The zero-order chi connectivity index (χ0) is 16.9. The number of rotatable bonds is 5. The number of carbonyl (C=O) groups excluding carboxylic acids is 1. The Morgan fingerprint density at radius 1 is 1.38 bits per heavy atom. The topological polar surface area (TPSA) is 68.5 Å². The van der Waals surface area contributed by atoms with Crippen molar-refractivity contribution < 1.29 is 18.4 Å². The van der Waals surface area contributed by atoms with Crippen LogP contribution in [0.1, 0.15) is 25.7 Å². The Bertz CT molecular complexity index is 687. The highest BCUT2D eigenvalue weighted by Crippen LogP contribution is 2.17. The van der Waals surface area contributed by atoms with Gasteiger partial charge in [0.15, 0.2) is 0 Å². The lowest BCUT2D eigenvalue weighted by atomic mass is 10.2. The van der Waals surface area contributed by atoms with Crippen molar-refractivity contribution in [1.82, 2.24) is 15.0 Å². The maximum Gasteiger partial charge on any atom is 0.227 e. The first-order valence-corrected chi connectivity index (χ1v) is 8.13. The van der Waals surface area contributed by atoms with Crippen molar-refractivity contribution in [2.45, 2.75) is 32.3 Å². The molecule has 1 aliphatic heterocycles. The van der Waals surface area contributed by atoms with Gasteiger partial charge in [-0.1, -0.05) is 12.1 Å². The Balaban J connectivity index is 1.55. The highest BCUT2D eigenvalue weighted by atomic mass is 19.1. The molecule has 1 atom stereocenters. The Hall–Kier alpha value is -2.28. The fourth-order valence-corrected chi connectivity index (χ4v) is 2.64. The summed E-state index contributed by atoms with van der Waals surface area (Å²) in [4.78, 5) is 18.4. The molecule has 2 aromatic rings. The van der Waals surface area contributed by atoms with Crippen molar-refractivity contribution in [3.05, 3.63) is 36.0 Å². The summed E-state index contributed by atoms with van der Waals surface area (Å²) < 4.78 is 23.7. The summed E-state index contributed by atoms with van der Waals surface area (Å²) in [6.07, 6.45) is 1.73. The number of hydrogen-bond donors (Lipinski definition) is 0. The van der Waals surface area contributed by atoms with Crippen LogP contribution in [0.3, 0.4) is 0 Å². The number of halogens is 1. The summed E-state index contributed by atoms with van der Waals surface area (Å²) >= 11 is 0. The number of aromatic nitrogens is 2. The second-order valence-electron chi connectivity index (χ2n) is 5.76. The van der Waals surface area contributed by atoms with Crippen LogP contribution in [0.5, 0.6) is 0 Å². The van der Waals surface area contributed by atoms with Crippen molar-refractivity contribution in [3.63, 3.8) is 0 Å². The van der Waals surface area contributed by atoms with Crippen LogP contribution in [-0.2, 0) is 16.0 Å². The van der Waals surface area contributed by atoms with Gasteiger partial charge in [0, 0.05) is 31.5 Å². The Labute approximate surface area is 139 Å². The molecule has 1 saturated heterocycles. The summed E-state index contributed by atoms with van der Waals surface area (Å²) in [6.45, 7) is 3.90. The number of hydrogen-bond acceptors (Lipinski definition) is 5. The molecule has 0 bridgehead atoms. The molecule has 0 saturated carbocycles. The van der Waals surface area contributed by atoms with E-state index in [0.29, 0.717) is 49.8 Å². The summed E-state index contributed by atoms with van der Waals surface area (Å²) in [7, 11) is 0. The summed E-state index contributed by atoms with van der Waals surface area (Å²) in [6, 6.07) is 5.87. The molecule has 24 heavy (non-hydrogen) atoms. The Kier molecular flexibility index (Phi) is 5.20. The molecule has 3 rings (SSSR count). The SMILES string of the molecule is CCC1CN(C(=O)CCc2nc(-c3ccc(F)cc3)no2)CCO1. The minimum atomic E-state index is -0.316. The molecule has 1 aromatic heterocycles. The fourth-order valence-electron chi connectivity index (χ4n) is 2.64. The van der Waals surface area contributed by atoms with Gasteiger partial charge in [0.1, 0.15) is 5.82 Å². The highest BCUT2D eigenvalue weighted by molar-refractivity contribution is 5.76. The predicted octanol–water partition coefficient (Wildman–Crippen LogP) is 2.45. The third kappa shape index (κ3) is 3.97. The van der Waals surface area contributed by atoms with E-state index in [-0.39, 0.29) is 17.8 Å². The van der Waals surface area contributed by atoms with Crippen LogP contribution >= 0.6 is 0 Å². The second-order valence-corrected chi connectivity index (χ2v) is 5.76. The van der Waals surface area contributed by atoms with Gasteiger partial charge in [0.25, 0.3) is 0 Å². The van der Waals surface area contributed by atoms with Crippen molar-refractivity contribution in [2.75, 3.05) is 19.7 Å². The average Bonchev–Trinajstić information content (AvgIpc) is 3.09. The number of nitrogens with zero attached hydrogens (tertiary/aromatic N) is 3. The third-order valence-corrected chi connectivity index (χ3v) is 4.07. The van der Waals surface area contributed by atoms with E-state index in [1.54, 1.807) is 12.1 Å². The maximum absolute atomic E-state index is 12.9. The van der Waals surface area contributed by atoms with Crippen molar-refractivity contribution >= 4 is 5.91 Å². The van der Waals surface area contributed by atoms with Gasteiger partial charge >= 0.3 is 0 Å². The molecule has 1 fully saturated rings. The van der Waals surface area contributed by atoms with Crippen molar-refractivity contribution in [1.29, 1.82) is 0 Å². The van der Waals surface area contributed by atoms with E-state index in [1.165, 1.54) is 12.1 Å². The van der Waals surface area contributed by atoms with E-state index in [2.05, 4.69) is 10.1 Å². The molecule has 1 aromatic carbocycles. The van der Waals surface area contributed by atoms with Gasteiger partial charge in [-0.2, -0.15) is 4.98 Å². The Morgan fingerprint density at radius 3 is 2.92 bits per heavy atom. The standard InChI is InChI=1S/C17H20FN3O3/c1-2-14-11-21(9-10-23-14)16(22)8-7-15-19-17(20-24-15)12-3-5-13(18)6-4-12/h3-6,14H,2,7-11H2,1H3. The Morgan fingerprint density at radius 2 is 2.17 bits per heavy atom. The van der Waals surface area contributed by atoms with Crippen LogP contribution in [0, 0.1) is 5.82 Å². The molecule has 1 amide bonds. The van der Waals surface area contributed by atoms with Crippen LogP contribution in [0.2, 0.25) is 0 Å². The lowest BCUT2D eigenvalue weighted by molar-refractivity contribution is -0.138. The van der Waals surface area contributed by atoms with Crippen LogP contribution in [0.4, 0.5) is 4.39 Å². The second kappa shape index (κ2) is 7.53. The number of carbonyl (C=O) groups is 1. The van der Waals surface area contributed by atoms with E-state index in [9.17, 15) is 9.18 Å².